The Balaban J connectivity index is 1.76. The fraction of sp³-hybridized carbons (Fsp3) is 0.235. The quantitative estimate of drug-likeness (QED) is 0.707. The first-order valence-electron chi connectivity index (χ1n) is 7.55. The second-order valence-electron chi connectivity index (χ2n) is 5.47. The fourth-order valence-corrected chi connectivity index (χ4v) is 2.75. The van der Waals surface area contributed by atoms with Crippen LogP contribution in [0.4, 0.5) is 0 Å². The molecule has 0 unspecified atom stereocenters. The molecule has 24 heavy (non-hydrogen) atoms. The molecule has 0 saturated carbocycles. The van der Waals surface area contributed by atoms with E-state index in [1.807, 2.05) is 25.4 Å². The van der Waals surface area contributed by atoms with E-state index in [-0.39, 0.29) is 5.91 Å². The molecule has 1 N–H and O–H groups in total. The molecule has 0 aliphatic rings. The van der Waals surface area contributed by atoms with Crippen LogP contribution in [0.3, 0.4) is 0 Å². The Labute approximate surface area is 138 Å². The van der Waals surface area contributed by atoms with Crippen LogP contribution in [0.2, 0.25) is 0 Å². The Kier molecular flexibility index (Phi) is 4.33. The molecule has 0 spiro atoms. The van der Waals surface area contributed by atoms with Crippen molar-refractivity contribution in [1.29, 1.82) is 0 Å². The summed E-state index contributed by atoms with van der Waals surface area (Å²) in [6.07, 6.45) is 4.10. The first-order chi connectivity index (χ1) is 11.6. The van der Waals surface area contributed by atoms with E-state index in [1.54, 1.807) is 36.1 Å². The molecular formula is C17H18N4O3. The third-order valence-electron chi connectivity index (χ3n) is 4.02. The van der Waals surface area contributed by atoms with Crippen LogP contribution in [-0.2, 0) is 13.5 Å². The summed E-state index contributed by atoms with van der Waals surface area (Å²) in [5, 5.41) is 6.78. The number of aryl methyl sites for hydroxylation is 1. The van der Waals surface area contributed by atoms with Crippen molar-refractivity contribution in [3.8, 4) is 5.75 Å². The molecule has 3 aromatic rings. The van der Waals surface area contributed by atoms with Crippen molar-refractivity contribution in [1.82, 2.24) is 14.6 Å². The van der Waals surface area contributed by atoms with E-state index >= 15 is 0 Å². The van der Waals surface area contributed by atoms with Gasteiger partial charge in [-0.05, 0) is 42.3 Å². The lowest BCUT2D eigenvalue weighted by atomic mass is 10.1. The molecule has 0 atom stereocenters. The maximum Gasteiger partial charge on any atom is 0.267 e. The van der Waals surface area contributed by atoms with Gasteiger partial charge in [0, 0.05) is 31.4 Å². The van der Waals surface area contributed by atoms with Gasteiger partial charge in [-0.25, -0.2) is 4.68 Å². The summed E-state index contributed by atoms with van der Waals surface area (Å²) in [6.45, 7) is 0.458. The molecule has 0 saturated heterocycles. The van der Waals surface area contributed by atoms with Crippen LogP contribution < -0.4 is 10.1 Å². The van der Waals surface area contributed by atoms with Gasteiger partial charge in [0.1, 0.15) is 11.4 Å². The summed E-state index contributed by atoms with van der Waals surface area (Å²) in [6, 6.07) is 9.03. The van der Waals surface area contributed by atoms with Gasteiger partial charge in [-0.2, -0.15) is 0 Å². The SMILES string of the molecule is COc1ccc2c(c1)c(CCNC(=O)c1cccn1C)cn2N=O. The summed E-state index contributed by atoms with van der Waals surface area (Å²) in [5.41, 5.74) is 2.25. The lowest BCUT2D eigenvalue weighted by molar-refractivity contribution is 0.0946. The number of methoxy groups -OCH3 is 1. The highest BCUT2D eigenvalue weighted by Crippen LogP contribution is 2.26. The molecule has 0 aliphatic heterocycles. The van der Waals surface area contributed by atoms with Crippen LogP contribution in [-0.4, -0.2) is 28.8 Å². The van der Waals surface area contributed by atoms with E-state index in [0.29, 0.717) is 24.4 Å². The average molecular weight is 326 g/mol. The number of hydrogen-bond donors (Lipinski definition) is 1. The number of carbonyl (C=O) groups excluding carboxylic acids is 1. The van der Waals surface area contributed by atoms with E-state index in [2.05, 4.69) is 10.6 Å². The zero-order chi connectivity index (χ0) is 17.1. The number of aromatic nitrogens is 2. The summed E-state index contributed by atoms with van der Waals surface area (Å²) < 4.78 is 8.30. The Morgan fingerprint density at radius 1 is 1.33 bits per heavy atom. The molecule has 7 heteroatoms. The van der Waals surface area contributed by atoms with Gasteiger partial charge in [0.2, 0.25) is 0 Å². The molecule has 124 valence electrons. The Bertz CT molecular complexity index is 895. The highest BCUT2D eigenvalue weighted by Gasteiger charge is 2.12. The van der Waals surface area contributed by atoms with Gasteiger partial charge < -0.3 is 14.6 Å². The number of fused-ring (bicyclic) bond motifs is 1. The Morgan fingerprint density at radius 2 is 2.17 bits per heavy atom. The number of rotatable bonds is 6. The lowest BCUT2D eigenvalue weighted by Crippen LogP contribution is -2.27. The van der Waals surface area contributed by atoms with E-state index in [9.17, 15) is 9.70 Å². The molecule has 7 nitrogen and oxygen atoms in total. The smallest absolute Gasteiger partial charge is 0.267 e. The minimum absolute atomic E-state index is 0.127. The predicted octanol–water partition coefficient (Wildman–Crippen LogP) is 2.49. The first-order valence-corrected chi connectivity index (χ1v) is 7.55. The second kappa shape index (κ2) is 6.57. The third-order valence-corrected chi connectivity index (χ3v) is 4.02. The number of carbonyl (C=O) groups is 1. The summed E-state index contributed by atoms with van der Waals surface area (Å²) in [7, 11) is 3.42. The van der Waals surface area contributed by atoms with Crippen molar-refractivity contribution in [2.75, 3.05) is 13.7 Å². The van der Waals surface area contributed by atoms with Gasteiger partial charge in [-0.15, -0.1) is 4.91 Å². The van der Waals surface area contributed by atoms with Gasteiger partial charge in [-0.1, -0.05) is 0 Å². The monoisotopic (exact) mass is 326 g/mol. The third kappa shape index (κ3) is 2.88. The molecule has 1 amide bonds. The number of hydrogen-bond acceptors (Lipinski definition) is 4. The highest BCUT2D eigenvalue weighted by atomic mass is 16.5. The van der Waals surface area contributed by atoms with Crippen LogP contribution in [0.15, 0.2) is 48.0 Å². The van der Waals surface area contributed by atoms with Crippen molar-refractivity contribution < 1.29 is 9.53 Å². The minimum Gasteiger partial charge on any atom is -0.497 e. The average Bonchev–Trinajstić information content (AvgIpc) is 3.18. The Morgan fingerprint density at radius 3 is 2.83 bits per heavy atom. The molecule has 2 heterocycles. The van der Waals surface area contributed by atoms with Crippen molar-refractivity contribution in [3.05, 3.63) is 58.9 Å². The zero-order valence-electron chi connectivity index (χ0n) is 13.5. The zero-order valence-corrected chi connectivity index (χ0v) is 13.5. The fourth-order valence-electron chi connectivity index (χ4n) is 2.75. The van der Waals surface area contributed by atoms with Gasteiger partial charge in [0.25, 0.3) is 5.91 Å². The molecule has 0 fully saturated rings. The highest BCUT2D eigenvalue weighted by molar-refractivity contribution is 5.92. The first kappa shape index (κ1) is 15.8. The van der Waals surface area contributed by atoms with Gasteiger partial charge in [0.15, 0.2) is 0 Å². The number of nitroso groups, excluding NO2 is 1. The lowest BCUT2D eigenvalue weighted by Gasteiger charge is -2.06. The van der Waals surface area contributed by atoms with Crippen LogP contribution in [0.25, 0.3) is 10.9 Å². The van der Waals surface area contributed by atoms with E-state index < -0.39 is 0 Å². The van der Waals surface area contributed by atoms with Crippen LogP contribution in [0.1, 0.15) is 16.1 Å². The van der Waals surface area contributed by atoms with Gasteiger partial charge in [-0.3, -0.25) is 4.79 Å². The van der Waals surface area contributed by atoms with Crippen molar-refractivity contribution in [2.24, 2.45) is 12.3 Å². The number of benzene rings is 1. The van der Waals surface area contributed by atoms with Gasteiger partial charge in [0.05, 0.1) is 17.9 Å². The number of nitrogens with one attached hydrogen (secondary N) is 1. The van der Waals surface area contributed by atoms with Gasteiger partial charge >= 0.3 is 0 Å². The normalized spacial score (nSPS) is 10.8. The molecule has 3 rings (SSSR count). The van der Waals surface area contributed by atoms with E-state index in [1.165, 1.54) is 4.68 Å². The topological polar surface area (TPSA) is 77.6 Å². The molecule has 2 aromatic heterocycles. The second-order valence-corrected chi connectivity index (χ2v) is 5.47. The van der Waals surface area contributed by atoms with Crippen molar-refractivity contribution in [3.63, 3.8) is 0 Å². The molecule has 0 aliphatic carbocycles. The van der Waals surface area contributed by atoms with E-state index in [4.69, 9.17) is 4.74 Å². The molecule has 0 bridgehead atoms. The number of nitrogens with zero attached hydrogens (tertiary/aromatic N) is 3. The summed E-state index contributed by atoms with van der Waals surface area (Å²) >= 11 is 0. The standard InChI is InChI=1S/C17H18N4O3/c1-20-9-3-4-16(20)17(22)18-8-7-12-11-21(19-23)15-6-5-13(24-2)10-14(12)15/h3-6,9-11H,7-8H2,1-2H3,(H,18,22). The van der Waals surface area contributed by atoms with Crippen LogP contribution in [0, 0.1) is 4.91 Å². The molecule has 1 aromatic carbocycles. The Hall–Kier alpha value is -3.09. The predicted molar refractivity (Wildman–Crippen MR) is 91.1 cm³/mol. The number of amides is 1. The maximum atomic E-state index is 12.1. The molecular weight excluding hydrogens is 308 g/mol. The largest absolute Gasteiger partial charge is 0.497 e. The van der Waals surface area contributed by atoms with E-state index in [0.717, 1.165) is 16.5 Å². The van der Waals surface area contributed by atoms with Crippen molar-refractivity contribution in [2.45, 2.75) is 6.42 Å². The summed E-state index contributed by atoms with van der Waals surface area (Å²) in [4.78, 5) is 23.1. The minimum atomic E-state index is -0.127. The number of ether oxygens (including phenoxy) is 1. The molecule has 0 radical (unpaired) electrons. The van der Waals surface area contributed by atoms with Crippen molar-refractivity contribution >= 4 is 16.8 Å². The summed E-state index contributed by atoms with van der Waals surface area (Å²) in [5.74, 6) is 0.581. The van der Waals surface area contributed by atoms with Crippen LogP contribution >= 0.6 is 0 Å². The van der Waals surface area contributed by atoms with Crippen LogP contribution in [0.5, 0.6) is 5.75 Å². The maximum absolute atomic E-state index is 12.1.